The second-order valence-corrected chi connectivity index (χ2v) is 4.82. The van der Waals surface area contributed by atoms with Crippen molar-refractivity contribution in [3.63, 3.8) is 0 Å². The van der Waals surface area contributed by atoms with Crippen LogP contribution in [0.25, 0.3) is 0 Å². The molecule has 0 aliphatic carbocycles. The van der Waals surface area contributed by atoms with Gasteiger partial charge in [-0.3, -0.25) is 4.79 Å². The quantitative estimate of drug-likeness (QED) is 0.864. The van der Waals surface area contributed by atoms with E-state index in [0.717, 1.165) is 5.56 Å². The van der Waals surface area contributed by atoms with Gasteiger partial charge in [-0.15, -0.1) is 12.4 Å². The van der Waals surface area contributed by atoms with Crippen LogP contribution in [0.5, 0.6) is 0 Å². The van der Waals surface area contributed by atoms with E-state index in [1.807, 2.05) is 37.3 Å². The number of hydrogen-bond acceptors (Lipinski definition) is 2. The van der Waals surface area contributed by atoms with Crippen molar-refractivity contribution in [2.75, 3.05) is 0 Å². The maximum atomic E-state index is 11.8. The summed E-state index contributed by atoms with van der Waals surface area (Å²) < 4.78 is 0. The van der Waals surface area contributed by atoms with Crippen LogP contribution in [0.2, 0.25) is 0 Å². The van der Waals surface area contributed by atoms with Gasteiger partial charge in [0.2, 0.25) is 5.91 Å². The minimum Gasteiger partial charge on any atom is -0.353 e. The monoisotopic (exact) mass is 270 g/mol. The van der Waals surface area contributed by atoms with Gasteiger partial charge >= 0.3 is 0 Å². The fourth-order valence-electron chi connectivity index (χ4n) is 1.50. The number of amides is 1. The van der Waals surface area contributed by atoms with Crippen LogP contribution in [0, 0.1) is 5.92 Å². The lowest BCUT2D eigenvalue weighted by molar-refractivity contribution is -0.122. The van der Waals surface area contributed by atoms with Crippen molar-refractivity contribution < 1.29 is 4.79 Å². The summed E-state index contributed by atoms with van der Waals surface area (Å²) in [5, 5.41) is 2.96. The Labute approximate surface area is 116 Å². The summed E-state index contributed by atoms with van der Waals surface area (Å²) >= 11 is 0. The van der Waals surface area contributed by atoms with E-state index in [9.17, 15) is 4.79 Å². The van der Waals surface area contributed by atoms with E-state index in [0.29, 0.717) is 12.3 Å². The van der Waals surface area contributed by atoms with Gasteiger partial charge in [-0.1, -0.05) is 44.2 Å². The van der Waals surface area contributed by atoms with Crippen LogP contribution in [0.3, 0.4) is 0 Å². The Bertz CT molecular complexity index is 354. The highest BCUT2D eigenvalue weighted by molar-refractivity contribution is 5.85. The van der Waals surface area contributed by atoms with Gasteiger partial charge in [0.15, 0.2) is 0 Å². The summed E-state index contributed by atoms with van der Waals surface area (Å²) in [4.78, 5) is 11.8. The Morgan fingerprint density at radius 3 is 2.28 bits per heavy atom. The molecule has 0 spiro atoms. The normalized spacial score (nSPS) is 13.6. The number of hydrogen-bond donors (Lipinski definition) is 2. The van der Waals surface area contributed by atoms with Crippen LogP contribution in [0.15, 0.2) is 30.3 Å². The van der Waals surface area contributed by atoms with Crippen LogP contribution in [-0.2, 0) is 4.79 Å². The molecule has 4 heteroatoms. The molecule has 18 heavy (non-hydrogen) atoms. The third-order valence-corrected chi connectivity index (χ3v) is 3.02. The van der Waals surface area contributed by atoms with Crippen molar-refractivity contribution in [2.45, 2.75) is 39.3 Å². The summed E-state index contributed by atoms with van der Waals surface area (Å²) in [6, 6.07) is 9.67. The summed E-state index contributed by atoms with van der Waals surface area (Å²) in [7, 11) is 0. The fourth-order valence-corrected chi connectivity index (χ4v) is 1.50. The summed E-state index contributed by atoms with van der Waals surface area (Å²) in [6.45, 7) is 6.18. The zero-order valence-electron chi connectivity index (χ0n) is 11.2. The Hall–Kier alpha value is -1.06. The molecule has 0 aliphatic rings. The molecule has 1 amide bonds. The zero-order valence-corrected chi connectivity index (χ0v) is 12.0. The molecule has 0 fully saturated rings. The smallest absolute Gasteiger partial charge is 0.222 e. The van der Waals surface area contributed by atoms with Crippen molar-refractivity contribution in [1.29, 1.82) is 0 Å². The minimum absolute atomic E-state index is 0. The van der Waals surface area contributed by atoms with E-state index in [1.165, 1.54) is 0 Å². The van der Waals surface area contributed by atoms with Gasteiger partial charge in [0.1, 0.15) is 0 Å². The molecule has 1 aromatic carbocycles. The first-order chi connectivity index (χ1) is 8.00. The largest absolute Gasteiger partial charge is 0.353 e. The third-order valence-electron chi connectivity index (χ3n) is 3.02. The van der Waals surface area contributed by atoms with Gasteiger partial charge < -0.3 is 11.1 Å². The van der Waals surface area contributed by atoms with E-state index in [4.69, 9.17) is 5.73 Å². The number of benzene rings is 1. The molecule has 102 valence electrons. The SMILES string of the molecule is CC(C)C(C)NC(=O)CC(N)c1ccccc1.Cl. The van der Waals surface area contributed by atoms with E-state index in [-0.39, 0.29) is 30.4 Å². The second-order valence-electron chi connectivity index (χ2n) is 4.82. The van der Waals surface area contributed by atoms with E-state index in [1.54, 1.807) is 0 Å². The van der Waals surface area contributed by atoms with Gasteiger partial charge in [0, 0.05) is 18.5 Å². The van der Waals surface area contributed by atoms with Crippen LogP contribution in [0.1, 0.15) is 38.8 Å². The van der Waals surface area contributed by atoms with Gasteiger partial charge in [-0.05, 0) is 18.4 Å². The standard InChI is InChI=1S/C14H22N2O.ClH/c1-10(2)11(3)16-14(17)9-13(15)12-7-5-4-6-8-12;/h4-8,10-11,13H,9,15H2,1-3H3,(H,16,17);1H. The van der Waals surface area contributed by atoms with Crippen LogP contribution in [0.4, 0.5) is 0 Å². The summed E-state index contributed by atoms with van der Waals surface area (Å²) in [6.07, 6.45) is 0.334. The fraction of sp³-hybridized carbons (Fsp3) is 0.500. The Kier molecular flexibility index (Phi) is 7.64. The number of carbonyl (C=O) groups excluding carboxylic acids is 1. The van der Waals surface area contributed by atoms with Crippen molar-refractivity contribution in [1.82, 2.24) is 5.32 Å². The van der Waals surface area contributed by atoms with Crippen molar-refractivity contribution in [3.8, 4) is 0 Å². The topological polar surface area (TPSA) is 55.1 Å². The van der Waals surface area contributed by atoms with Crippen molar-refractivity contribution in [2.24, 2.45) is 11.7 Å². The first-order valence-corrected chi connectivity index (χ1v) is 6.10. The lowest BCUT2D eigenvalue weighted by Gasteiger charge is -2.19. The molecule has 3 nitrogen and oxygen atoms in total. The van der Waals surface area contributed by atoms with Crippen LogP contribution >= 0.6 is 12.4 Å². The molecule has 0 saturated carbocycles. The van der Waals surface area contributed by atoms with Crippen LogP contribution in [-0.4, -0.2) is 11.9 Å². The number of halogens is 1. The lowest BCUT2D eigenvalue weighted by Crippen LogP contribution is -2.37. The van der Waals surface area contributed by atoms with E-state index >= 15 is 0 Å². The first kappa shape index (κ1) is 16.9. The highest BCUT2D eigenvalue weighted by Crippen LogP contribution is 2.13. The zero-order chi connectivity index (χ0) is 12.8. The molecule has 1 rings (SSSR count). The molecule has 0 aliphatic heterocycles. The molecular formula is C14H23ClN2O. The summed E-state index contributed by atoms with van der Waals surface area (Å²) in [5.74, 6) is 0.453. The molecule has 0 bridgehead atoms. The number of nitrogens with two attached hydrogens (primary N) is 1. The van der Waals surface area contributed by atoms with E-state index < -0.39 is 0 Å². The first-order valence-electron chi connectivity index (χ1n) is 6.10. The second kappa shape index (κ2) is 8.11. The molecule has 0 aromatic heterocycles. The maximum Gasteiger partial charge on any atom is 0.222 e. The third kappa shape index (κ3) is 5.52. The highest BCUT2D eigenvalue weighted by atomic mass is 35.5. The van der Waals surface area contributed by atoms with Crippen LogP contribution < -0.4 is 11.1 Å². The predicted molar refractivity (Wildman–Crippen MR) is 77.7 cm³/mol. The van der Waals surface area contributed by atoms with Crippen molar-refractivity contribution in [3.05, 3.63) is 35.9 Å². The number of carbonyl (C=O) groups is 1. The summed E-state index contributed by atoms with van der Waals surface area (Å²) in [5.41, 5.74) is 6.99. The Morgan fingerprint density at radius 2 is 1.78 bits per heavy atom. The van der Waals surface area contributed by atoms with Gasteiger partial charge in [0.25, 0.3) is 0 Å². The van der Waals surface area contributed by atoms with E-state index in [2.05, 4.69) is 19.2 Å². The molecule has 2 unspecified atom stereocenters. The minimum atomic E-state index is -0.226. The highest BCUT2D eigenvalue weighted by Gasteiger charge is 2.14. The van der Waals surface area contributed by atoms with Crippen molar-refractivity contribution >= 4 is 18.3 Å². The molecule has 0 saturated heterocycles. The molecule has 3 N–H and O–H groups in total. The Balaban J connectivity index is 0.00000289. The molecular weight excluding hydrogens is 248 g/mol. The van der Waals surface area contributed by atoms with Gasteiger partial charge in [-0.2, -0.15) is 0 Å². The van der Waals surface area contributed by atoms with Gasteiger partial charge in [-0.25, -0.2) is 0 Å². The lowest BCUT2D eigenvalue weighted by atomic mass is 10.0. The maximum absolute atomic E-state index is 11.8. The average molecular weight is 271 g/mol. The average Bonchev–Trinajstić information content (AvgIpc) is 2.29. The Morgan fingerprint density at radius 1 is 1.22 bits per heavy atom. The van der Waals surface area contributed by atoms with Gasteiger partial charge in [0.05, 0.1) is 0 Å². The number of rotatable bonds is 5. The molecule has 2 atom stereocenters. The molecule has 0 radical (unpaired) electrons. The molecule has 1 aromatic rings. The number of nitrogens with one attached hydrogen (secondary N) is 1. The predicted octanol–water partition coefficient (Wildman–Crippen LogP) is 2.66. The molecule has 0 heterocycles.